The Balaban J connectivity index is 1.44. The normalized spacial score (nSPS) is 21.6. The van der Waals surface area contributed by atoms with Gasteiger partial charge in [0.05, 0.1) is 0 Å². The van der Waals surface area contributed by atoms with Gasteiger partial charge in [0.15, 0.2) is 11.6 Å². The maximum atomic E-state index is 13.4. The van der Waals surface area contributed by atoms with Gasteiger partial charge in [-0.25, -0.2) is 13.6 Å². The van der Waals surface area contributed by atoms with E-state index in [-0.39, 0.29) is 12.6 Å². The van der Waals surface area contributed by atoms with Gasteiger partial charge in [-0.1, -0.05) is 0 Å². The molecule has 1 aromatic rings. The first kappa shape index (κ1) is 17.9. The molecule has 2 aliphatic heterocycles. The van der Waals surface area contributed by atoms with Crippen molar-refractivity contribution >= 4 is 11.7 Å². The number of amides is 2. The Hall–Kier alpha value is -1.89. The molecule has 2 amide bonds. The van der Waals surface area contributed by atoms with Crippen LogP contribution in [-0.2, 0) is 0 Å². The van der Waals surface area contributed by atoms with Crippen molar-refractivity contribution in [1.29, 1.82) is 0 Å². The molecule has 25 heavy (non-hydrogen) atoms. The quantitative estimate of drug-likeness (QED) is 0.873. The monoisotopic (exact) mass is 353 g/mol. The lowest BCUT2D eigenvalue weighted by atomic mass is 9.98. The molecule has 0 aromatic heterocycles. The Kier molecular flexibility index (Phi) is 5.73. The summed E-state index contributed by atoms with van der Waals surface area (Å²) in [4.78, 5) is 16.1. The van der Waals surface area contributed by atoms with Crippen LogP contribution in [0.1, 0.15) is 19.3 Å². The Labute approximate surface area is 146 Å². The maximum Gasteiger partial charge on any atom is 0.317 e. The average molecular weight is 353 g/mol. The van der Waals surface area contributed by atoms with E-state index in [9.17, 15) is 13.6 Å². The highest BCUT2D eigenvalue weighted by atomic mass is 19.2. The minimum Gasteiger partial charge on any atom is -0.396 e. The van der Waals surface area contributed by atoms with Crippen molar-refractivity contribution in [3.63, 3.8) is 0 Å². The van der Waals surface area contributed by atoms with Crippen molar-refractivity contribution < 1.29 is 18.7 Å². The fraction of sp³-hybridized carbons (Fsp3) is 0.611. The van der Waals surface area contributed by atoms with Crippen molar-refractivity contribution in [3.8, 4) is 0 Å². The number of rotatable bonds is 4. The van der Waals surface area contributed by atoms with Crippen molar-refractivity contribution in [2.24, 2.45) is 11.8 Å². The van der Waals surface area contributed by atoms with Crippen molar-refractivity contribution in [2.75, 3.05) is 44.2 Å². The molecule has 0 radical (unpaired) electrons. The van der Waals surface area contributed by atoms with Gasteiger partial charge in [-0.3, -0.25) is 0 Å². The molecule has 0 spiro atoms. The number of piperidine rings is 1. The van der Waals surface area contributed by atoms with Crippen LogP contribution in [0.2, 0.25) is 0 Å². The summed E-state index contributed by atoms with van der Waals surface area (Å²) >= 11 is 0. The van der Waals surface area contributed by atoms with Crippen molar-refractivity contribution in [3.05, 3.63) is 29.8 Å². The van der Waals surface area contributed by atoms with Gasteiger partial charge in [-0.05, 0) is 43.2 Å². The van der Waals surface area contributed by atoms with Crippen LogP contribution >= 0.6 is 0 Å². The van der Waals surface area contributed by atoms with Crippen LogP contribution in [0.15, 0.2) is 18.2 Å². The zero-order valence-corrected chi connectivity index (χ0v) is 14.3. The molecule has 2 saturated heterocycles. The van der Waals surface area contributed by atoms with Gasteiger partial charge in [-0.2, -0.15) is 0 Å². The number of urea groups is 1. The highest BCUT2D eigenvalue weighted by molar-refractivity contribution is 5.74. The number of nitrogens with zero attached hydrogens (tertiary/aromatic N) is 2. The molecule has 1 atom stereocenters. The van der Waals surface area contributed by atoms with Crippen LogP contribution in [0.3, 0.4) is 0 Å². The van der Waals surface area contributed by atoms with Gasteiger partial charge < -0.3 is 20.2 Å². The summed E-state index contributed by atoms with van der Waals surface area (Å²) in [5.41, 5.74) is 0.679. The number of aliphatic hydroxyl groups is 1. The molecule has 2 heterocycles. The minimum absolute atomic E-state index is 0.0531. The molecule has 0 unspecified atom stereocenters. The lowest BCUT2D eigenvalue weighted by Crippen LogP contribution is -2.46. The van der Waals surface area contributed by atoms with Gasteiger partial charge in [0.25, 0.3) is 0 Å². The number of anilines is 1. The summed E-state index contributed by atoms with van der Waals surface area (Å²) in [6.45, 7) is 3.63. The molecule has 2 N–H and O–H groups in total. The van der Waals surface area contributed by atoms with Crippen LogP contribution in [0.4, 0.5) is 19.3 Å². The van der Waals surface area contributed by atoms with Gasteiger partial charge in [0.2, 0.25) is 0 Å². The third kappa shape index (κ3) is 4.39. The molecule has 138 valence electrons. The molecule has 5 nitrogen and oxygen atoms in total. The molecular weight excluding hydrogens is 328 g/mol. The molecule has 0 saturated carbocycles. The van der Waals surface area contributed by atoms with Gasteiger partial charge in [-0.15, -0.1) is 0 Å². The fourth-order valence-corrected chi connectivity index (χ4v) is 3.58. The number of carbonyl (C=O) groups is 1. The van der Waals surface area contributed by atoms with Crippen LogP contribution < -0.4 is 10.2 Å². The number of aliphatic hydroxyl groups excluding tert-OH is 1. The lowest BCUT2D eigenvalue weighted by molar-refractivity contribution is 0.137. The summed E-state index contributed by atoms with van der Waals surface area (Å²) in [7, 11) is 0. The highest BCUT2D eigenvalue weighted by Gasteiger charge is 2.26. The summed E-state index contributed by atoms with van der Waals surface area (Å²) in [6, 6.07) is 3.91. The maximum absolute atomic E-state index is 13.4. The Bertz CT molecular complexity index is 606. The summed E-state index contributed by atoms with van der Waals surface area (Å²) < 4.78 is 26.4. The van der Waals surface area contributed by atoms with E-state index in [1.165, 1.54) is 6.07 Å². The van der Waals surface area contributed by atoms with E-state index in [1.54, 1.807) is 11.0 Å². The van der Waals surface area contributed by atoms with Crippen LogP contribution in [-0.4, -0.2) is 55.4 Å². The second-order valence-corrected chi connectivity index (χ2v) is 7.00. The lowest BCUT2D eigenvalue weighted by Gasteiger charge is -2.31. The average Bonchev–Trinajstić information content (AvgIpc) is 3.11. The zero-order valence-electron chi connectivity index (χ0n) is 14.3. The van der Waals surface area contributed by atoms with Gasteiger partial charge in [0, 0.05) is 51.1 Å². The topological polar surface area (TPSA) is 55.8 Å². The molecular formula is C18H25F2N3O2. The van der Waals surface area contributed by atoms with E-state index in [1.807, 2.05) is 4.90 Å². The van der Waals surface area contributed by atoms with E-state index in [0.717, 1.165) is 38.4 Å². The molecule has 2 aliphatic rings. The first-order valence-corrected chi connectivity index (χ1v) is 8.90. The number of halogens is 2. The van der Waals surface area contributed by atoms with E-state index >= 15 is 0 Å². The summed E-state index contributed by atoms with van der Waals surface area (Å²) in [5.74, 6) is -1.06. The van der Waals surface area contributed by atoms with E-state index < -0.39 is 11.6 Å². The second kappa shape index (κ2) is 7.99. The molecule has 2 fully saturated rings. The number of hydrogen-bond acceptors (Lipinski definition) is 3. The van der Waals surface area contributed by atoms with Crippen LogP contribution in [0.5, 0.6) is 0 Å². The molecule has 3 rings (SSSR count). The molecule has 0 aliphatic carbocycles. The minimum atomic E-state index is -0.836. The predicted octanol–water partition coefficient (Wildman–Crippen LogP) is 2.21. The summed E-state index contributed by atoms with van der Waals surface area (Å²) in [6.07, 6.45) is 2.60. The number of nitrogens with one attached hydrogen (secondary N) is 1. The van der Waals surface area contributed by atoms with Crippen LogP contribution in [0, 0.1) is 23.5 Å². The third-order valence-corrected chi connectivity index (χ3v) is 5.26. The highest BCUT2D eigenvalue weighted by Crippen LogP contribution is 2.25. The van der Waals surface area contributed by atoms with Crippen molar-refractivity contribution in [2.45, 2.75) is 19.3 Å². The number of hydrogen-bond donors (Lipinski definition) is 2. The zero-order chi connectivity index (χ0) is 17.8. The van der Waals surface area contributed by atoms with Crippen molar-refractivity contribution in [1.82, 2.24) is 10.2 Å². The molecule has 1 aromatic carbocycles. The number of carbonyl (C=O) groups excluding carboxylic acids is 1. The predicted molar refractivity (Wildman–Crippen MR) is 91.5 cm³/mol. The standard InChI is InChI=1S/C18H25F2N3O2/c19-16-2-1-15(9-17(16)20)23-8-5-14(11-23)10-21-18(25)22-6-3-13(12-24)4-7-22/h1-2,9,13-14,24H,3-8,10-12H2,(H,21,25)/t14-/m0/s1. The Morgan fingerprint density at radius 3 is 2.52 bits per heavy atom. The Morgan fingerprint density at radius 1 is 1.12 bits per heavy atom. The third-order valence-electron chi connectivity index (χ3n) is 5.26. The number of benzene rings is 1. The first-order chi connectivity index (χ1) is 12.1. The van der Waals surface area contributed by atoms with E-state index in [4.69, 9.17) is 5.11 Å². The smallest absolute Gasteiger partial charge is 0.317 e. The summed E-state index contributed by atoms with van der Waals surface area (Å²) in [5, 5.41) is 12.1. The molecule has 7 heteroatoms. The van der Waals surface area contributed by atoms with Gasteiger partial charge in [0.1, 0.15) is 0 Å². The SMILES string of the molecule is O=C(NC[C@@H]1CCN(c2ccc(F)c(F)c2)C1)N1CCC(CO)CC1. The number of likely N-dealkylation sites (tertiary alicyclic amines) is 1. The van der Waals surface area contributed by atoms with Gasteiger partial charge >= 0.3 is 6.03 Å². The fourth-order valence-electron chi connectivity index (χ4n) is 3.58. The molecule has 0 bridgehead atoms. The van der Waals surface area contributed by atoms with E-state index in [0.29, 0.717) is 37.2 Å². The second-order valence-electron chi connectivity index (χ2n) is 7.00. The Morgan fingerprint density at radius 2 is 1.84 bits per heavy atom. The van der Waals surface area contributed by atoms with Crippen LogP contribution in [0.25, 0.3) is 0 Å². The van der Waals surface area contributed by atoms with E-state index in [2.05, 4.69) is 5.32 Å². The largest absolute Gasteiger partial charge is 0.396 e. The first-order valence-electron chi connectivity index (χ1n) is 8.90.